The molecule has 4 aromatic rings. The van der Waals surface area contributed by atoms with Gasteiger partial charge in [0.25, 0.3) is 0 Å². The number of halogens is 1. The molecule has 180 valence electrons. The third-order valence-electron chi connectivity index (χ3n) is 5.34. The lowest BCUT2D eigenvalue weighted by Gasteiger charge is -2.09. The molecule has 0 radical (unpaired) electrons. The second kappa shape index (κ2) is 10.6. The van der Waals surface area contributed by atoms with Gasteiger partial charge in [-0.05, 0) is 102 Å². The zero-order chi connectivity index (χ0) is 25.1. The lowest BCUT2D eigenvalue weighted by Crippen LogP contribution is -2.00. The molecule has 10 heteroatoms. The highest BCUT2D eigenvalue weighted by Crippen LogP contribution is 2.32. The maximum Gasteiger partial charge on any atom is 0.342 e. The van der Waals surface area contributed by atoms with Gasteiger partial charge in [-0.2, -0.15) is 0 Å². The van der Waals surface area contributed by atoms with Crippen LogP contribution in [0.25, 0.3) is 23.2 Å². The van der Waals surface area contributed by atoms with Crippen LogP contribution in [0.2, 0.25) is 0 Å². The predicted octanol–water partition coefficient (Wildman–Crippen LogP) is 5.72. The molecule has 0 atom stereocenters. The van der Waals surface area contributed by atoms with E-state index in [0.29, 0.717) is 28.0 Å². The number of H-pyrrole nitrogens is 1. The molecule has 4 rings (SSSR count). The number of carboxylic acid groups (broad SMARTS) is 1. The Morgan fingerprint density at radius 3 is 2.34 bits per heavy atom. The first-order valence-electron chi connectivity index (χ1n) is 10.5. The highest BCUT2D eigenvalue weighted by atomic mass is 127. The van der Waals surface area contributed by atoms with E-state index in [-0.39, 0.29) is 4.91 Å². The number of carboxylic acids is 1. The van der Waals surface area contributed by atoms with Crippen LogP contribution in [0.1, 0.15) is 17.0 Å². The molecule has 0 bridgehead atoms. The second-order valence-electron chi connectivity index (χ2n) is 7.62. The maximum atomic E-state index is 12.1. The van der Waals surface area contributed by atoms with E-state index in [1.807, 2.05) is 44.2 Å². The molecule has 2 aromatic heterocycles. The summed E-state index contributed by atoms with van der Waals surface area (Å²) in [6, 6.07) is 15.5. The summed E-state index contributed by atoms with van der Waals surface area (Å²) in [4.78, 5) is 16.7. The quantitative estimate of drug-likeness (QED) is 0.151. The molecule has 0 spiro atoms. The van der Waals surface area contributed by atoms with E-state index in [0.717, 1.165) is 38.0 Å². The molecular formula is C25H23IN4O4S. The van der Waals surface area contributed by atoms with Crippen LogP contribution in [-0.4, -0.2) is 45.0 Å². The zero-order valence-electron chi connectivity index (χ0n) is 19.5. The summed E-state index contributed by atoms with van der Waals surface area (Å²) in [7, 11) is 3.14. The van der Waals surface area contributed by atoms with Crippen molar-refractivity contribution in [2.75, 3.05) is 14.2 Å². The Labute approximate surface area is 220 Å². The molecule has 0 fully saturated rings. The topological polar surface area (TPSA) is 102 Å². The van der Waals surface area contributed by atoms with Crippen molar-refractivity contribution >= 4 is 46.4 Å². The fourth-order valence-corrected chi connectivity index (χ4v) is 4.72. The molecule has 0 aliphatic rings. The number of benzene rings is 2. The predicted molar refractivity (Wildman–Crippen MR) is 144 cm³/mol. The average Bonchev–Trinajstić information content (AvgIpc) is 3.43. The highest BCUT2D eigenvalue weighted by Gasteiger charge is 2.17. The van der Waals surface area contributed by atoms with Crippen LogP contribution >= 0.6 is 34.4 Å². The fourth-order valence-electron chi connectivity index (χ4n) is 3.66. The molecule has 0 saturated heterocycles. The number of aliphatic carboxylic acids is 1. The molecule has 0 amide bonds. The van der Waals surface area contributed by atoms with Gasteiger partial charge in [-0.3, -0.25) is 5.10 Å². The van der Waals surface area contributed by atoms with Crippen molar-refractivity contribution in [1.29, 1.82) is 0 Å². The summed E-state index contributed by atoms with van der Waals surface area (Å²) in [6.07, 6.45) is 1.66. The zero-order valence-corrected chi connectivity index (χ0v) is 22.5. The minimum atomic E-state index is -1.05. The minimum absolute atomic E-state index is 0.113. The average molecular weight is 602 g/mol. The van der Waals surface area contributed by atoms with Crippen LogP contribution in [0.4, 0.5) is 0 Å². The summed E-state index contributed by atoms with van der Waals surface area (Å²) in [5, 5.41) is 17.2. The molecule has 2 heterocycles. The van der Waals surface area contributed by atoms with E-state index in [4.69, 9.17) is 9.47 Å². The van der Waals surface area contributed by atoms with Gasteiger partial charge in [0.15, 0.2) is 5.82 Å². The first-order chi connectivity index (χ1) is 16.8. The highest BCUT2D eigenvalue weighted by molar-refractivity contribution is 14.1. The number of hydrogen-bond donors (Lipinski definition) is 2. The van der Waals surface area contributed by atoms with Gasteiger partial charge in [-0.1, -0.05) is 0 Å². The molecule has 35 heavy (non-hydrogen) atoms. The van der Waals surface area contributed by atoms with E-state index in [1.165, 1.54) is 0 Å². The van der Waals surface area contributed by atoms with Gasteiger partial charge in [0, 0.05) is 32.3 Å². The number of methoxy groups -OCH3 is 2. The van der Waals surface area contributed by atoms with Crippen molar-refractivity contribution < 1.29 is 19.4 Å². The summed E-state index contributed by atoms with van der Waals surface area (Å²) in [5.74, 6) is 0.647. The van der Waals surface area contributed by atoms with Crippen LogP contribution < -0.4 is 9.47 Å². The number of thioether (sulfide) groups is 1. The van der Waals surface area contributed by atoms with E-state index in [9.17, 15) is 9.90 Å². The Morgan fingerprint density at radius 2 is 1.74 bits per heavy atom. The van der Waals surface area contributed by atoms with Crippen LogP contribution in [0.3, 0.4) is 0 Å². The maximum absolute atomic E-state index is 12.1. The van der Waals surface area contributed by atoms with Crippen LogP contribution in [0.5, 0.6) is 11.5 Å². The first-order valence-corrected chi connectivity index (χ1v) is 12.4. The second-order valence-corrected chi connectivity index (χ2v) is 9.88. The minimum Gasteiger partial charge on any atom is -0.497 e. The Bertz CT molecular complexity index is 1390. The fraction of sp³-hybridized carbons (Fsp3) is 0.160. The van der Waals surface area contributed by atoms with Gasteiger partial charge >= 0.3 is 5.97 Å². The molecule has 2 N–H and O–H groups in total. The monoisotopic (exact) mass is 602 g/mol. The lowest BCUT2D eigenvalue weighted by atomic mass is 10.2. The normalized spacial score (nSPS) is 11.5. The van der Waals surface area contributed by atoms with E-state index >= 15 is 0 Å². The van der Waals surface area contributed by atoms with Crippen LogP contribution in [0.15, 0.2) is 58.6 Å². The molecule has 8 nitrogen and oxygen atoms in total. The number of nitrogens with one attached hydrogen (secondary N) is 1. The number of hydrogen-bond acceptors (Lipinski definition) is 6. The van der Waals surface area contributed by atoms with Gasteiger partial charge in [0.1, 0.15) is 16.4 Å². The molecule has 0 saturated carbocycles. The summed E-state index contributed by atoms with van der Waals surface area (Å²) in [5.41, 5.74) is 4.51. The van der Waals surface area contributed by atoms with E-state index in [2.05, 4.69) is 42.3 Å². The Balaban J connectivity index is 1.64. The van der Waals surface area contributed by atoms with Crippen molar-refractivity contribution in [3.63, 3.8) is 0 Å². The number of aryl methyl sites for hydroxylation is 1. The summed E-state index contributed by atoms with van der Waals surface area (Å²) in [6.45, 7) is 3.97. The Kier molecular flexibility index (Phi) is 7.51. The van der Waals surface area contributed by atoms with E-state index < -0.39 is 5.97 Å². The number of aromatic nitrogens is 4. The van der Waals surface area contributed by atoms with Gasteiger partial charge in [0.05, 0.1) is 14.2 Å². The molecule has 0 aliphatic carbocycles. The molecule has 0 aliphatic heterocycles. The number of rotatable bonds is 8. The van der Waals surface area contributed by atoms with Crippen molar-refractivity contribution in [3.05, 3.63) is 74.0 Å². The van der Waals surface area contributed by atoms with Gasteiger partial charge in [-0.15, -0.1) is 5.10 Å². The van der Waals surface area contributed by atoms with E-state index in [1.54, 1.807) is 38.5 Å². The van der Waals surface area contributed by atoms with Crippen LogP contribution in [0, 0.1) is 17.4 Å². The summed E-state index contributed by atoms with van der Waals surface area (Å²) >= 11 is 3.25. The Hall–Kier alpha value is -3.25. The summed E-state index contributed by atoms with van der Waals surface area (Å²) < 4.78 is 13.9. The molecule has 0 unspecified atom stereocenters. The van der Waals surface area contributed by atoms with Gasteiger partial charge in [-0.25, -0.2) is 9.78 Å². The van der Waals surface area contributed by atoms with Crippen molar-refractivity contribution in [3.8, 4) is 28.6 Å². The largest absolute Gasteiger partial charge is 0.497 e. The van der Waals surface area contributed by atoms with Crippen molar-refractivity contribution in [2.24, 2.45) is 0 Å². The Morgan fingerprint density at radius 1 is 1.09 bits per heavy atom. The third kappa shape index (κ3) is 5.54. The third-order valence-corrected chi connectivity index (χ3v) is 6.94. The number of nitrogens with zero attached hydrogens (tertiary/aromatic N) is 3. The number of ether oxygens (including phenoxy) is 2. The number of aromatic amines is 1. The standard InChI is InChI=1S/C25H23IN4O4S/c1-14-9-16(15(2)30(14)19-7-5-18(26)6-8-19)12-22(24(31)32)35-25-27-23(28-29-25)17-10-20(33-3)13-21(11-17)34-4/h5-13H,1-4H3,(H,31,32)(H,27,28,29)/b22-12-. The lowest BCUT2D eigenvalue weighted by molar-refractivity contribution is -0.131. The van der Waals surface area contributed by atoms with Crippen molar-refractivity contribution in [1.82, 2.24) is 19.7 Å². The van der Waals surface area contributed by atoms with Crippen LogP contribution in [-0.2, 0) is 4.79 Å². The SMILES string of the molecule is COc1cc(OC)cc(-c2nc(S/C(=C\c3cc(C)n(-c4ccc(I)cc4)c3C)C(=O)O)n[nH]2)c1. The number of carbonyl (C=O) groups is 1. The van der Waals surface area contributed by atoms with Crippen molar-refractivity contribution in [2.45, 2.75) is 19.0 Å². The van der Waals surface area contributed by atoms with Gasteiger partial charge < -0.3 is 19.1 Å². The molecular weight excluding hydrogens is 579 g/mol. The first kappa shape index (κ1) is 24.9. The van der Waals surface area contributed by atoms with Gasteiger partial charge in [0.2, 0.25) is 5.16 Å². The smallest absolute Gasteiger partial charge is 0.342 e. The molecule has 2 aromatic carbocycles.